The first-order valence-electron chi connectivity index (χ1n) is 7.18. The molecule has 2 aliphatic rings. The molecule has 2 fully saturated rings. The van der Waals surface area contributed by atoms with Crippen molar-refractivity contribution in [3.05, 3.63) is 0 Å². The van der Waals surface area contributed by atoms with Gasteiger partial charge in [-0.15, -0.1) is 0 Å². The van der Waals surface area contributed by atoms with Crippen molar-refractivity contribution in [1.29, 1.82) is 0 Å². The third-order valence-electron chi connectivity index (χ3n) is 3.77. The summed E-state index contributed by atoms with van der Waals surface area (Å²) >= 11 is 0. The van der Waals surface area contributed by atoms with Gasteiger partial charge in [0.2, 0.25) is 10.0 Å². The minimum atomic E-state index is -3.15. The third kappa shape index (κ3) is 5.00. The summed E-state index contributed by atoms with van der Waals surface area (Å²) in [5.41, 5.74) is 0. The molecule has 0 aliphatic carbocycles. The first-order chi connectivity index (χ1) is 9.18. The van der Waals surface area contributed by atoms with Crippen LogP contribution in [0.5, 0.6) is 0 Å². The quantitative estimate of drug-likeness (QED) is 0.638. The van der Waals surface area contributed by atoms with Gasteiger partial charge in [0.1, 0.15) is 0 Å². The predicted molar refractivity (Wildman–Crippen MR) is 74.7 cm³/mol. The zero-order chi connectivity index (χ0) is 13.6. The average molecular weight is 291 g/mol. The molecule has 0 bridgehead atoms. The standard InChI is InChI=1S/C12H25N3O3S/c16-19(17,12-2-10-18-11-3-12)14-4-1-7-15-8-5-13-6-9-15/h12-14H,1-11H2. The van der Waals surface area contributed by atoms with Crippen LogP contribution in [-0.2, 0) is 14.8 Å². The van der Waals surface area contributed by atoms with Gasteiger partial charge in [-0.25, -0.2) is 13.1 Å². The van der Waals surface area contributed by atoms with Crippen LogP contribution in [0.4, 0.5) is 0 Å². The van der Waals surface area contributed by atoms with Crippen LogP contribution >= 0.6 is 0 Å². The lowest BCUT2D eigenvalue weighted by molar-refractivity contribution is 0.0981. The summed E-state index contributed by atoms with van der Waals surface area (Å²) in [4.78, 5) is 2.37. The molecular weight excluding hydrogens is 266 g/mol. The average Bonchev–Trinajstić information content (AvgIpc) is 2.46. The predicted octanol–water partition coefficient (Wildman–Crippen LogP) is -0.620. The number of rotatable bonds is 6. The van der Waals surface area contributed by atoms with Crippen molar-refractivity contribution in [2.24, 2.45) is 0 Å². The number of nitrogens with one attached hydrogen (secondary N) is 2. The molecule has 0 aromatic heterocycles. The summed E-state index contributed by atoms with van der Waals surface area (Å²) in [6.45, 7) is 6.83. The molecule has 6 nitrogen and oxygen atoms in total. The summed E-state index contributed by atoms with van der Waals surface area (Å²) < 4.78 is 32.0. The highest BCUT2D eigenvalue weighted by Gasteiger charge is 2.26. The summed E-state index contributed by atoms with van der Waals surface area (Å²) in [7, 11) is -3.15. The highest BCUT2D eigenvalue weighted by Crippen LogP contribution is 2.14. The number of ether oxygens (including phenoxy) is 1. The number of piperazine rings is 1. The van der Waals surface area contributed by atoms with Gasteiger partial charge in [-0.05, 0) is 25.8 Å². The van der Waals surface area contributed by atoms with Gasteiger partial charge in [-0.3, -0.25) is 0 Å². The Balaban J connectivity index is 1.63. The van der Waals surface area contributed by atoms with E-state index in [1.165, 1.54) is 0 Å². The van der Waals surface area contributed by atoms with E-state index in [-0.39, 0.29) is 5.25 Å². The molecule has 2 saturated heterocycles. The van der Waals surface area contributed by atoms with Crippen molar-refractivity contribution < 1.29 is 13.2 Å². The minimum Gasteiger partial charge on any atom is -0.381 e. The number of nitrogens with zero attached hydrogens (tertiary/aromatic N) is 1. The zero-order valence-electron chi connectivity index (χ0n) is 11.4. The van der Waals surface area contributed by atoms with Gasteiger partial charge < -0.3 is 15.0 Å². The first-order valence-corrected chi connectivity index (χ1v) is 8.72. The second kappa shape index (κ2) is 7.54. The molecule has 0 amide bonds. The van der Waals surface area contributed by atoms with E-state index in [9.17, 15) is 8.42 Å². The second-order valence-electron chi connectivity index (χ2n) is 5.20. The lowest BCUT2D eigenvalue weighted by Gasteiger charge is -2.27. The van der Waals surface area contributed by atoms with Crippen LogP contribution in [0.25, 0.3) is 0 Å². The summed E-state index contributed by atoms with van der Waals surface area (Å²) in [6.07, 6.45) is 2.11. The number of hydrogen-bond acceptors (Lipinski definition) is 5. The van der Waals surface area contributed by atoms with Gasteiger partial charge in [0.05, 0.1) is 5.25 Å². The monoisotopic (exact) mass is 291 g/mol. The van der Waals surface area contributed by atoms with Gasteiger partial charge in [0.25, 0.3) is 0 Å². The number of sulfonamides is 1. The van der Waals surface area contributed by atoms with E-state index >= 15 is 0 Å². The Labute approximate surface area is 115 Å². The molecule has 0 radical (unpaired) electrons. The van der Waals surface area contributed by atoms with Gasteiger partial charge in [0.15, 0.2) is 0 Å². The molecular formula is C12H25N3O3S. The van der Waals surface area contributed by atoms with E-state index in [1.54, 1.807) is 0 Å². The Hall–Kier alpha value is -0.210. The molecule has 0 atom stereocenters. The molecule has 0 unspecified atom stereocenters. The smallest absolute Gasteiger partial charge is 0.214 e. The van der Waals surface area contributed by atoms with Gasteiger partial charge in [0, 0.05) is 45.9 Å². The third-order valence-corrected chi connectivity index (χ3v) is 5.73. The van der Waals surface area contributed by atoms with Crippen molar-refractivity contribution in [3.63, 3.8) is 0 Å². The van der Waals surface area contributed by atoms with Crippen molar-refractivity contribution in [1.82, 2.24) is 14.9 Å². The van der Waals surface area contributed by atoms with E-state index in [0.717, 1.165) is 39.1 Å². The van der Waals surface area contributed by atoms with Crippen LogP contribution < -0.4 is 10.0 Å². The molecule has 7 heteroatoms. The number of hydrogen-bond donors (Lipinski definition) is 2. The van der Waals surface area contributed by atoms with Gasteiger partial charge in [-0.1, -0.05) is 0 Å². The van der Waals surface area contributed by atoms with Crippen LogP contribution in [0, 0.1) is 0 Å². The fourth-order valence-corrected chi connectivity index (χ4v) is 4.03. The van der Waals surface area contributed by atoms with E-state index < -0.39 is 10.0 Å². The molecule has 0 aromatic carbocycles. The lowest BCUT2D eigenvalue weighted by atomic mass is 10.2. The van der Waals surface area contributed by atoms with E-state index in [0.29, 0.717) is 32.6 Å². The Morgan fingerprint density at radius 3 is 2.58 bits per heavy atom. The van der Waals surface area contributed by atoms with Crippen molar-refractivity contribution >= 4 is 10.0 Å². The topological polar surface area (TPSA) is 70.7 Å². The molecule has 0 saturated carbocycles. The van der Waals surface area contributed by atoms with E-state index in [1.807, 2.05) is 0 Å². The van der Waals surface area contributed by atoms with Crippen LogP contribution in [0.1, 0.15) is 19.3 Å². The molecule has 0 aromatic rings. The molecule has 0 spiro atoms. The lowest BCUT2D eigenvalue weighted by Crippen LogP contribution is -2.44. The molecule has 2 aliphatic heterocycles. The molecule has 2 rings (SSSR count). The fraction of sp³-hybridized carbons (Fsp3) is 1.00. The Bertz CT molecular complexity index is 349. The normalized spacial score (nSPS) is 23.6. The van der Waals surface area contributed by atoms with Crippen molar-refractivity contribution in [2.75, 3.05) is 52.5 Å². The maximum Gasteiger partial charge on any atom is 0.214 e. The summed E-state index contributed by atoms with van der Waals surface area (Å²) in [5.74, 6) is 0. The van der Waals surface area contributed by atoms with Crippen molar-refractivity contribution in [3.8, 4) is 0 Å². The molecule has 2 N–H and O–H groups in total. The highest BCUT2D eigenvalue weighted by atomic mass is 32.2. The van der Waals surface area contributed by atoms with Gasteiger partial charge in [-0.2, -0.15) is 0 Å². The van der Waals surface area contributed by atoms with Crippen LogP contribution in [0.3, 0.4) is 0 Å². The Kier molecular flexibility index (Phi) is 6.03. The van der Waals surface area contributed by atoms with Crippen LogP contribution in [-0.4, -0.2) is 71.0 Å². The SMILES string of the molecule is O=S(=O)(NCCCN1CCNCC1)C1CCOCC1. The van der Waals surface area contributed by atoms with E-state index in [4.69, 9.17) is 4.74 Å². The van der Waals surface area contributed by atoms with Crippen molar-refractivity contribution in [2.45, 2.75) is 24.5 Å². The second-order valence-corrected chi connectivity index (χ2v) is 7.24. The summed E-state index contributed by atoms with van der Waals surface area (Å²) in [5, 5.41) is 3.04. The molecule has 2 heterocycles. The zero-order valence-corrected chi connectivity index (χ0v) is 12.3. The minimum absolute atomic E-state index is 0.263. The summed E-state index contributed by atoms with van der Waals surface area (Å²) in [6, 6.07) is 0. The maximum absolute atomic E-state index is 12.0. The maximum atomic E-state index is 12.0. The first kappa shape index (κ1) is 15.2. The highest BCUT2D eigenvalue weighted by molar-refractivity contribution is 7.90. The van der Waals surface area contributed by atoms with Crippen LogP contribution in [0.15, 0.2) is 0 Å². The Morgan fingerprint density at radius 2 is 1.89 bits per heavy atom. The van der Waals surface area contributed by atoms with Crippen LogP contribution in [0.2, 0.25) is 0 Å². The molecule has 19 heavy (non-hydrogen) atoms. The largest absolute Gasteiger partial charge is 0.381 e. The fourth-order valence-electron chi connectivity index (χ4n) is 2.56. The van der Waals surface area contributed by atoms with Gasteiger partial charge >= 0.3 is 0 Å². The molecule has 112 valence electrons. The van der Waals surface area contributed by atoms with E-state index in [2.05, 4.69) is 14.9 Å². The Morgan fingerprint density at radius 1 is 1.21 bits per heavy atom.